The molecule has 0 radical (unpaired) electrons. The Bertz CT molecular complexity index is 617. The lowest BCUT2D eigenvalue weighted by Gasteiger charge is -2.37. The van der Waals surface area contributed by atoms with Crippen LogP contribution in [0.4, 0.5) is 0 Å². The van der Waals surface area contributed by atoms with Crippen molar-refractivity contribution in [2.45, 2.75) is 51.0 Å². The molecule has 0 amide bonds. The van der Waals surface area contributed by atoms with Gasteiger partial charge in [-0.3, -0.25) is 4.68 Å². The number of nitrogens with zero attached hydrogens (tertiary/aromatic N) is 2. The van der Waals surface area contributed by atoms with E-state index < -0.39 is 0 Å². The molecule has 0 spiro atoms. The fraction of sp³-hybridized carbons (Fsp3) is 0.500. The Kier molecular flexibility index (Phi) is 4.08. The first-order valence-electron chi connectivity index (χ1n) is 7.83. The van der Waals surface area contributed by atoms with Crippen molar-refractivity contribution in [1.29, 1.82) is 0 Å². The Hall–Kier alpha value is -1.28. The molecular formula is C18H23ClN2. The summed E-state index contributed by atoms with van der Waals surface area (Å²) in [6.45, 7) is 4.31. The number of aryl methyl sites for hydroxylation is 1. The van der Waals surface area contributed by atoms with E-state index in [4.69, 9.17) is 16.7 Å². The van der Waals surface area contributed by atoms with Crippen LogP contribution in [0.2, 0.25) is 0 Å². The number of fused-ring (bicyclic) bond motifs is 1. The maximum absolute atomic E-state index is 6.45. The van der Waals surface area contributed by atoms with Crippen molar-refractivity contribution in [2.24, 2.45) is 0 Å². The molecule has 112 valence electrons. The molecule has 2 aromatic rings. The minimum atomic E-state index is 0.0482. The van der Waals surface area contributed by atoms with Crippen LogP contribution < -0.4 is 0 Å². The minimum absolute atomic E-state index is 0.0482. The van der Waals surface area contributed by atoms with Crippen LogP contribution in [0.15, 0.2) is 36.5 Å². The zero-order valence-electron chi connectivity index (χ0n) is 12.8. The fourth-order valence-corrected chi connectivity index (χ4v) is 3.86. The van der Waals surface area contributed by atoms with E-state index in [9.17, 15) is 0 Å². The molecular weight excluding hydrogens is 280 g/mol. The Morgan fingerprint density at radius 1 is 1.29 bits per heavy atom. The van der Waals surface area contributed by atoms with Gasteiger partial charge in [-0.25, -0.2) is 0 Å². The van der Waals surface area contributed by atoms with E-state index in [-0.39, 0.29) is 5.41 Å². The molecule has 21 heavy (non-hydrogen) atoms. The molecule has 1 unspecified atom stereocenters. The third kappa shape index (κ3) is 2.74. The van der Waals surface area contributed by atoms with Crippen molar-refractivity contribution in [2.75, 3.05) is 5.88 Å². The lowest BCUT2D eigenvalue weighted by Crippen LogP contribution is -2.35. The Morgan fingerprint density at radius 2 is 2.10 bits per heavy atom. The van der Waals surface area contributed by atoms with Crippen molar-refractivity contribution >= 4 is 11.6 Å². The summed E-state index contributed by atoms with van der Waals surface area (Å²) in [5.74, 6) is 0.665. The smallest absolute Gasteiger partial charge is 0.0634 e. The van der Waals surface area contributed by atoms with Crippen molar-refractivity contribution in [3.8, 4) is 0 Å². The van der Waals surface area contributed by atoms with E-state index in [1.54, 1.807) is 0 Å². The Balaban J connectivity index is 1.94. The largest absolute Gasteiger partial charge is 0.270 e. The quantitative estimate of drug-likeness (QED) is 0.759. The highest BCUT2D eigenvalue weighted by Gasteiger charge is 2.36. The van der Waals surface area contributed by atoms with Crippen LogP contribution in [0, 0.1) is 0 Å². The van der Waals surface area contributed by atoms with E-state index in [0.29, 0.717) is 11.9 Å². The van der Waals surface area contributed by atoms with Crippen molar-refractivity contribution < 1.29 is 0 Å². The first-order chi connectivity index (χ1) is 10.1. The average molecular weight is 303 g/mol. The first kappa shape index (κ1) is 14.6. The van der Waals surface area contributed by atoms with E-state index in [1.165, 1.54) is 24.0 Å². The van der Waals surface area contributed by atoms with Crippen LogP contribution in [0.1, 0.15) is 49.6 Å². The van der Waals surface area contributed by atoms with Crippen LogP contribution in [-0.2, 0) is 18.3 Å². The number of aromatic nitrogens is 2. The van der Waals surface area contributed by atoms with Crippen LogP contribution in [0.3, 0.4) is 0 Å². The van der Waals surface area contributed by atoms with Crippen molar-refractivity contribution in [3.05, 3.63) is 53.3 Å². The Labute approximate surface area is 132 Å². The second kappa shape index (κ2) is 5.84. The molecule has 1 aliphatic carbocycles. The summed E-state index contributed by atoms with van der Waals surface area (Å²) in [6.07, 6.45) is 6.57. The van der Waals surface area contributed by atoms with E-state index in [0.717, 1.165) is 18.5 Å². The Morgan fingerprint density at radius 3 is 2.81 bits per heavy atom. The molecule has 0 saturated carbocycles. The van der Waals surface area contributed by atoms with Gasteiger partial charge in [0.15, 0.2) is 0 Å². The topological polar surface area (TPSA) is 17.8 Å². The van der Waals surface area contributed by atoms with E-state index in [1.807, 2.05) is 4.68 Å². The summed E-state index contributed by atoms with van der Waals surface area (Å²) in [5.41, 5.74) is 4.10. The van der Waals surface area contributed by atoms with Gasteiger partial charge in [0.05, 0.1) is 5.69 Å². The first-order valence-corrected chi connectivity index (χ1v) is 8.36. The summed E-state index contributed by atoms with van der Waals surface area (Å²) >= 11 is 6.45. The maximum atomic E-state index is 6.45. The SMILES string of the molecule is CC(C)n1ccc(CC2(CCl)CCCc3ccccc32)n1. The highest BCUT2D eigenvalue weighted by molar-refractivity contribution is 6.18. The highest BCUT2D eigenvalue weighted by atomic mass is 35.5. The molecule has 1 aromatic heterocycles. The van der Waals surface area contributed by atoms with Crippen LogP contribution in [0.25, 0.3) is 0 Å². The number of hydrogen-bond donors (Lipinski definition) is 0. The fourth-order valence-electron chi connectivity index (χ4n) is 3.48. The van der Waals surface area contributed by atoms with Gasteiger partial charge in [-0.2, -0.15) is 5.10 Å². The molecule has 3 heteroatoms. The number of hydrogen-bond acceptors (Lipinski definition) is 1. The molecule has 1 aromatic carbocycles. The van der Waals surface area contributed by atoms with Gasteiger partial charge < -0.3 is 0 Å². The molecule has 3 rings (SSSR count). The highest BCUT2D eigenvalue weighted by Crippen LogP contribution is 2.40. The standard InChI is InChI=1S/C18H23ClN2/c1-14(2)21-11-9-16(20-21)12-18(13-19)10-5-7-15-6-3-4-8-17(15)18/h3-4,6,8-9,11,14H,5,7,10,12-13H2,1-2H3. The van der Waals surface area contributed by atoms with Gasteiger partial charge in [0.25, 0.3) is 0 Å². The monoisotopic (exact) mass is 302 g/mol. The summed E-state index contributed by atoms with van der Waals surface area (Å²) in [5, 5.41) is 4.73. The van der Waals surface area contributed by atoms with Crippen molar-refractivity contribution in [1.82, 2.24) is 9.78 Å². The molecule has 1 aliphatic rings. The minimum Gasteiger partial charge on any atom is -0.270 e. The summed E-state index contributed by atoms with van der Waals surface area (Å²) in [7, 11) is 0. The maximum Gasteiger partial charge on any atom is 0.0634 e. The molecule has 0 aliphatic heterocycles. The molecule has 1 atom stereocenters. The normalized spacial score (nSPS) is 21.5. The molecule has 0 saturated heterocycles. The van der Waals surface area contributed by atoms with Gasteiger partial charge in [0, 0.05) is 30.0 Å². The van der Waals surface area contributed by atoms with E-state index >= 15 is 0 Å². The van der Waals surface area contributed by atoms with Crippen LogP contribution in [0.5, 0.6) is 0 Å². The summed E-state index contributed by atoms with van der Waals surface area (Å²) in [6, 6.07) is 11.3. The van der Waals surface area contributed by atoms with E-state index in [2.05, 4.69) is 50.4 Å². The third-order valence-corrected chi connectivity index (χ3v) is 5.17. The van der Waals surface area contributed by atoms with Crippen LogP contribution in [-0.4, -0.2) is 15.7 Å². The molecule has 0 bridgehead atoms. The number of halogens is 1. The average Bonchev–Trinajstić information content (AvgIpc) is 2.96. The molecule has 0 N–H and O–H groups in total. The molecule has 2 nitrogen and oxygen atoms in total. The van der Waals surface area contributed by atoms with Gasteiger partial charge in [-0.1, -0.05) is 24.3 Å². The van der Waals surface area contributed by atoms with Gasteiger partial charge >= 0.3 is 0 Å². The third-order valence-electron chi connectivity index (χ3n) is 4.66. The lowest BCUT2D eigenvalue weighted by molar-refractivity contribution is 0.389. The zero-order valence-corrected chi connectivity index (χ0v) is 13.6. The molecule has 1 heterocycles. The number of benzene rings is 1. The van der Waals surface area contributed by atoms with Gasteiger partial charge in [-0.15, -0.1) is 11.6 Å². The van der Waals surface area contributed by atoms with Gasteiger partial charge in [-0.05, 0) is 50.3 Å². The van der Waals surface area contributed by atoms with Gasteiger partial charge in [0.1, 0.15) is 0 Å². The molecule has 0 fully saturated rings. The zero-order chi connectivity index (χ0) is 14.9. The van der Waals surface area contributed by atoms with Crippen LogP contribution >= 0.6 is 11.6 Å². The number of alkyl halides is 1. The predicted molar refractivity (Wildman–Crippen MR) is 88.1 cm³/mol. The second-order valence-electron chi connectivity index (χ2n) is 6.48. The second-order valence-corrected chi connectivity index (χ2v) is 6.75. The van der Waals surface area contributed by atoms with Gasteiger partial charge in [0.2, 0.25) is 0 Å². The predicted octanol–water partition coefficient (Wildman–Crippen LogP) is 4.52. The summed E-state index contributed by atoms with van der Waals surface area (Å²) < 4.78 is 2.03. The lowest BCUT2D eigenvalue weighted by atomic mass is 9.69. The summed E-state index contributed by atoms with van der Waals surface area (Å²) in [4.78, 5) is 0. The number of rotatable bonds is 4. The van der Waals surface area contributed by atoms with Crippen molar-refractivity contribution in [3.63, 3.8) is 0 Å².